The number of nitrogens with one attached hydrogen (secondary N) is 2. The lowest BCUT2D eigenvalue weighted by molar-refractivity contribution is -0.126. The Hall–Kier alpha value is -1.54. The molecule has 158 valence electrons. The van der Waals surface area contributed by atoms with Crippen LogP contribution in [0, 0.1) is 5.92 Å². The fourth-order valence-corrected chi connectivity index (χ4v) is 3.25. The predicted octanol–water partition coefficient (Wildman–Crippen LogP) is 1.97. The van der Waals surface area contributed by atoms with Crippen molar-refractivity contribution in [1.29, 1.82) is 0 Å². The number of benzene rings is 1. The summed E-state index contributed by atoms with van der Waals surface area (Å²) < 4.78 is 10.2. The molecule has 0 atom stereocenters. The van der Waals surface area contributed by atoms with E-state index in [9.17, 15) is 9.59 Å². The van der Waals surface area contributed by atoms with Crippen molar-refractivity contribution in [2.24, 2.45) is 5.92 Å². The van der Waals surface area contributed by atoms with Gasteiger partial charge in [0.25, 0.3) is 5.91 Å². The molecule has 0 aromatic heterocycles. The minimum Gasteiger partial charge on any atom is -0.496 e. The fraction of sp³-hybridized carbons (Fsp3) is 0.579. The molecule has 28 heavy (non-hydrogen) atoms. The second-order valence-corrected chi connectivity index (χ2v) is 6.88. The van der Waals surface area contributed by atoms with Crippen molar-refractivity contribution in [2.75, 3.05) is 53.6 Å². The molecule has 7 nitrogen and oxygen atoms in total. The van der Waals surface area contributed by atoms with Crippen LogP contribution in [-0.4, -0.2) is 70.3 Å². The molecule has 0 aliphatic carbocycles. The van der Waals surface area contributed by atoms with Crippen molar-refractivity contribution >= 4 is 35.8 Å². The van der Waals surface area contributed by atoms with Gasteiger partial charge in [-0.05, 0) is 31.0 Å². The molecule has 1 aliphatic heterocycles. The van der Waals surface area contributed by atoms with E-state index in [1.54, 1.807) is 30.2 Å². The average Bonchev–Trinajstić information content (AvgIpc) is 2.70. The number of halogens is 2. The molecule has 2 rings (SSSR count). The van der Waals surface area contributed by atoms with Gasteiger partial charge in [-0.3, -0.25) is 9.59 Å². The summed E-state index contributed by atoms with van der Waals surface area (Å²) in [5, 5.41) is 6.63. The molecular weight excluding hydrogens is 405 g/mol. The van der Waals surface area contributed by atoms with Gasteiger partial charge < -0.3 is 25.0 Å². The second-order valence-electron chi connectivity index (χ2n) is 6.44. The quantitative estimate of drug-likeness (QED) is 0.581. The SMILES string of the molecule is COCCNCCNC(=O)C1CCN(C(=O)c2cc(Cl)ccc2OC)CC1.Cl. The van der Waals surface area contributed by atoms with E-state index in [0.29, 0.717) is 62.0 Å². The van der Waals surface area contributed by atoms with Crippen LogP contribution < -0.4 is 15.4 Å². The summed E-state index contributed by atoms with van der Waals surface area (Å²) in [5.41, 5.74) is 0.454. The highest BCUT2D eigenvalue weighted by molar-refractivity contribution is 6.31. The van der Waals surface area contributed by atoms with Crippen LogP contribution in [0.5, 0.6) is 5.75 Å². The summed E-state index contributed by atoms with van der Waals surface area (Å²) in [6.07, 6.45) is 1.30. The summed E-state index contributed by atoms with van der Waals surface area (Å²) in [4.78, 5) is 26.8. The number of amides is 2. The molecule has 1 saturated heterocycles. The van der Waals surface area contributed by atoms with Crippen LogP contribution >= 0.6 is 24.0 Å². The van der Waals surface area contributed by atoms with Crippen LogP contribution in [0.3, 0.4) is 0 Å². The van der Waals surface area contributed by atoms with Crippen LogP contribution in [-0.2, 0) is 9.53 Å². The zero-order valence-electron chi connectivity index (χ0n) is 16.3. The van der Waals surface area contributed by atoms with Crippen LogP contribution in [0.2, 0.25) is 5.02 Å². The first-order chi connectivity index (χ1) is 13.1. The van der Waals surface area contributed by atoms with Crippen molar-refractivity contribution in [2.45, 2.75) is 12.8 Å². The summed E-state index contributed by atoms with van der Waals surface area (Å²) >= 11 is 6.02. The molecule has 1 aliphatic rings. The van der Waals surface area contributed by atoms with E-state index in [0.717, 1.165) is 6.54 Å². The third kappa shape index (κ3) is 7.13. The lowest BCUT2D eigenvalue weighted by atomic mass is 9.95. The van der Waals surface area contributed by atoms with E-state index >= 15 is 0 Å². The number of rotatable bonds is 9. The van der Waals surface area contributed by atoms with Crippen molar-refractivity contribution in [3.8, 4) is 5.75 Å². The molecule has 0 saturated carbocycles. The smallest absolute Gasteiger partial charge is 0.257 e. The molecule has 1 heterocycles. The first-order valence-corrected chi connectivity index (χ1v) is 9.54. The normalized spacial score (nSPS) is 14.3. The Kier molecular flexibility index (Phi) is 11.2. The van der Waals surface area contributed by atoms with Crippen molar-refractivity contribution in [3.05, 3.63) is 28.8 Å². The zero-order valence-corrected chi connectivity index (χ0v) is 17.9. The zero-order chi connectivity index (χ0) is 19.6. The molecule has 2 N–H and O–H groups in total. The van der Waals surface area contributed by atoms with E-state index in [1.165, 1.54) is 7.11 Å². The fourth-order valence-electron chi connectivity index (χ4n) is 3.08. The van der Waals surface area contributed by atoms with Gasteiger partial charge >= 0.3 is 0 Å². The van der Waals surface area contributed by atoms with Crippen LogP contribution in [0.25, 0.3) is 0 Å². The molecule has 1 aromatic rings. The Bertz CT molecular complexity index is 638. The van der Waals surface area contributed by atoms with Crippen LogP contribution in [0.15, 0.2) is 18.2 Å². The average molecular weight is 434 g/mol. The predicted molar refractivity (Wildman–Crippen MR) is 112 cm³/mol. The number of ether oxygens (including phenoxy) is 2. The minimum absolute atomic E-state index is 0. The lowest BCUT2D eigenvalue weighted by Crippen LogP contribution is -2.44. The number of hydrogen-bond donors (Lipinski definition) is 2. The lowest BCUT2D eigenvalue weighted by Gasteiger charge is -2.31. The van der Waals surface area contributed by atoms with Crippen molar-refractivity contribution < 1.29 is 19.1 Å². The van der Waals surface area contributed by atoms with Gasteiger partial charge in [0.15, 0.2) is 0 Å². The highest BCUT2D eigenvalue weighted by atomic mass is 35.5. The van der Waals surface area contributed by atoms with E-state index in [2.05, 4.69) is 10.6 Å². The van der Waals surface area contributed by atoms with Crippen LogP contribution in [0.1, 0.15) is 23.2 Å². The van der Waals surface area contributed by atoms with E-state index in [4.69, 9.17) is 21.1 Å². The highest BCUT2D eigenvalue weighted by Crippen LogP contribution is 2.26. The standard InChI is InChI=1S/C19H28ClN3O4.ClH/c1-26-12-9-21-7-8-22-18(24)14-5-10-23(11-6-14)19(25)16-13-15(20)3-4-17(16)27-2;/h3-4,13-14,21H,5-12H2,1-2H3,(H,22,24);1H. The van der Waals surface area contributed by atoms with E-state index in [-0.39, 0.29) is 30.1 Å². The number of methoxy groups -OCH3 is 2. The largest absolute Gasteiger partial charge is 0.496 e. The maximum Gasteiger partial charge on any atom is 0.257 e. The maximum atomic E-state index is 12.8. The second kappa shape index (κ2) is 12.8. The Balaban J connectivity index is 0.00000392. The van der Waals surface area contributed by atoms with Gasteiger partial charge in [-0.25, -0.2) is 0 Å². The molecule has 0 radical (unpaired) electrons. The third-order valence-corrected chi connectivity index (χ3v) is 4.86. The summed E-state index contributed by atoms with van der Waals surface area (Å²) in [6.45, 7) is 3.79. The van der Waals surface area contributed by atoms with E-state index < -0.39 is 0 Å². The third-order valence-electron chi connectivity index (χ3n) is 4.63. The number of likely N-dealkylation sites (tertiary alicyclic amines) is 1. The number of carbonyl (C=O) groups excluding carboxylic acids is 2. The number of nitrogens with zero attached hydrogens (tertiary/aromatic N) is 1. The Morgan fingerprint density at radius 1 is 1.18 bits per heavy atom. The number of carbonyl (C=O) groups is 2. The van der Waals surface area contributed by atoms with E-state index in [1.807, 2.05) is 0 Å². The van der Waals surface area contributed by atoms with Gasteiger partial charge in [0, 0.05) is 50.8 Å². The first kappa shape index (κ1) is 24.5. The molecular formula is C19H29Cl2N3O4. The van der Waals surface area contributed by atoms with Gasteiger partial charge in [-0.1, -0.05) is 11.6 Å². The van der Waals surface area contributed by atoms with Crippen molar-refractivity contribution in [3.63, 3.8) is 0 Å². The summed E-state index contributed by atoms with van der Waals surface area (Å²) in [7, 11) is 3.18. The monoisotopic (exact) mass is 433 g/mol. The van der Waals surface area contributed by atoms with Crippen LogP contribution in [0.4, 0.5) is 0 Å². The minimum atomic E-state index is -0.115. The molecule has 0 bridgehead atoms. The Morgan fingerprint density at radius 2 is 1.89 bits per heavy atom. The summed E-state index contributed by atoms with van der Waals surface area (Å²) in [5.74, 6) is 0.381. The molecule has 9 heteroatoms. The Labute approximate surface area is 177 Å². The van der Waals surface area contributed by atoms with Gasteiger partial charge in [0.05, 0.1) is 19.3 Å². The maximum absolute atomic E-state index is 12.8. The molecule has 0 unspecified atom stereocenters. The number of piperidine rings is 1. The molecule has 1 fully saturated rings. The van der Waals surface area contributed by atoms with Crippen molar-refractivity contribution in [1.82, 2.24) is 15.5 Å². The highest BCUT2D eigenvalue weighted by Gasteiger charge is 2.28. The van der Waals surface area contributed by atoms with Gasteiger partial charge in [0.1, 0.15) is 5.75 Å². The molecule has 0 spiro atoms. The summed E-state index contributed by atoms with van der Waals surface area (Å²) in [6, 6.07) is 5.01. The molecule has 1 aromatic carbocycles. The number of hydrogen-bond acceptors (Lipinski definition) is 5. The topological polar surface area (TPSA) is 79.9 Å². The van der Waals surface area contributed by atoms with Gasteiger partial charge in [0.2, 0.25) is 5.91 Å². The first-order valence-electron chi connectivity index (χ1n) is 9.17. The Morgan fingerprint density at radius 3 is 2.54 bits per heavy atom. The molecule has 2 amide bonds. The van der Waals surface area contributed by atoms with Gasteiger partial charge in [-0.2, -0.15) is 0 Å². The van der Waals surface area contributed by atoms with Gasteiger partial charge in [-0.15, -0.1) is 12.4 Å².